The Kier molecular flexibility index (Phi) is 6.53. The van der Waals surface area contributed by atoms with Gasteiger partial charge in [-0.1, -0.05) is 38.1 Å². The molecule has 2 aromatic rings. The van der Waals surface area contributed by atoms with Crippen LogP contribution in [0.2, 0.25) is 0 Å². The average molecular weight is 498 g/mol. The lowest BCUT2D eigenvalue weighted by molar-refractivity contribution is 0.227. The van der Waals surface area contributed by atoms with Crippen LogP contribution >= 0.6 is 31.9 Å². The van der Waals surface area contributed by atoms with Crippen molar-refractivity contribution < 1.29 is 19.1 Å². The molecule has 4 nitrogen and oxygen atoms in total. The predicted octanol–water partition coefficient (Wildman–Crippen LogP) is 7.03. The zero-order valence-electron chi connectivity index (χ0n) is 16.2. The molecule has 0 aromatic heterocycles. The highest BCUT2D eigenvalue weighted by Crippen LogP contribution is 2.38. The summed E-state index contributed by atoms with van der Waals surface area (Å²) < 4.78 is 10.5. The Hall–Kier alpha value is -1.66. The molecule has 0 unspecified atom stereocenters. The van der Waals surface area contributed by atoms with E-state index < -0.39 is 9.76 Å². The van der Waals surface area contributed by atoms with Crippen LogP contribution in [0.3, 0.4) is 0 Å². The summed E-state index contributed by atoms with van der Waals surface area (Å²) in [6.45, 7) is 12.0. The van der Waals surface area contributed by atoms with E-state index in [1.54, 1.807) is 0 Å². The molecule has 0 heterocycles. The maximum atomic E-state index is 11.3. The minimum absolute atomic E-state index is 0.293. The van der Waals surface area contributed by atoms with Gasteiger partial charge in [-0.25, -0.2) is 9.59 Å². The highest BCUT2D eigenvalue weighted by molar-refractivity contribution is 9.18. The van der Waals surface area contributed by atoms with Gasteiger partial charge in [0.15, 0.2) is 0 Å². The SMILES string of the molecule is Cc1cc(C(C)(C)c2cc(C)c(OC(=O)Br)c(C)c2)cc(C)c1OC(=O)Br. The van der Waals surface area contributed by atoms with Crippen LogP contribution < -0.4 is 9.47 Å². The molecule has 144 valence electrons. The van der Waals surface area contributed by atoms with E-state index >= 15 is 0 Å². The van der Waals surface area contributed by atoms with Crippen LogP contribution in [0.15, 0.2) is 24.3 Å². The first-order chi connectivity index (χ1) is 12.4. The normalized spacial score (nSPS) is 11.3. The molecule has 0 fully saturated rings. The number of carbonyl (C=O) groups excluding carboxylic acids is 2. The fraction of sp³-hybridized carbons (Fsp3) is 0.333. The third-order valence-corrected chi connectivity index (χ3v) is 5.05. The van der Waals surface area contributed by atoms with E-state index in [9.17, 15) is 9.59 Å². The fourth-order valence-corrected chi connectivity index (χ4v) is 3.60. The lowest BCUT2D eigenvalue weighted by Crippen LogP contribution is -2.20. The van der Waals surface area contributed by atoms with Gasteiger partial charge in [0.05, 0.1) is 0 Å². The molecule has 0 atom stereocenters. The van der Waals surface area contributed by atoms with Gasteiger partial charge in [-0.2, -0.15) is 0 Å². The number of ether oxygens (including phenoxy) is 2. The molecule has 0 aliphatic heterocycles. The Morgan fingerprint density at radius 2 is 0.963 bits per heavy atom. The van der Waals surface area contributed by atoms with Gasteiger partial charge < -0.3 is 9.47 Å². The molecule has 0 saturated heterocycles. The summed E-state index contributed by atoms with van der Waals surface area (Å²) in [5, 5.41) is 0. The first-order valence-electron chi connectivity index (χ1n) is 8.41. The van der Waals surface area contributed by atoms with E-state index in [1.165, 1.54) is 0 Å². The summed E-state index contributed by atoms with van der Waals surface area (Å²) in [5.41, 5.74) is 5.49. The van der Waals surface area contributed by atoms with Gasteiger partial charge in [0.2, 0.25) is 0 Å². The highest BCUT2D eigenvalue weighted by atomic mass is 79.9. The standard InChI is InChI=1S/C21H22Br2O4/c1-11-7-15(8-12(2)17(11)26-19(22)24)21(5,6)16-9-13(3)18(14(4)10-16)27-20(23)25/h7-10H,1-6H3. The molecule has 6 heteroatoms. The molecule has 0 spiro atoms. The summed E-state index contributed by atoms with van der Waals surface area (Å²) in [6.07, 6.45) is 0. The number of carbonyl (C=O) groups is 2. The second-order valence-corrected chi connectivity index (χ2v) is 8.48. The van der Waals surface area contributed by atoms with Crippen molar-refractivity contribution in [3.63, 3.8) is 0 Å². The van der Waals surface area contributed by atoms with Crippen molar-refractivity contribution in [1.29, 1.82) is 0 Å². The molecule has 0 bridgehead atoms. The third-order valence-electron chi connectivity index (χ3n) is 4.73. The zero-order valence-corrected chi connectivity index (χ0v) is 19.4. The van der Waals surface area contributed by atoms with Gasteiger partial charge >= 0.3 is 9.76 Å². The molecule has 0 radical (unpaired) electrons. The predicted molar refractivity (Wildman–Crippen MR) is 114 cm³/mol. The number of hydrogen-bond acceptors (Lipinski definition) is 4. The van der Waals surface area contributed by atoms with E-state index in [0.717, 1.165) is 33.4 Å². The number of hydrogen-bond donors (Lipinski definition) is 0. The molecule has 27 heavy (non-hydrogen) atoms. The summed E-state index contributed by atoms with van der Waals surface area (Å²) in [4.78, 5) is 21.5. The maximum absolute atomic E-state index is 11.3. The number of halogens is 2. The summed E-state index contributed by atoms with van der Waals surface area (Å²) in [6, 6.07) is 8.15. The Balaban J connectivity index is 2.53. The number of benzene rings is 2. The van der Waals surface area contributed by atoms with Crippen molar-refractivity contribution in [2.24, 2.45) is 0 Å². The van der Waals surface area contributed by atoms with Crippen LogP contribution in [0.25, 0.3) is 0 Å². The Labute approximate surface area is 176 Å². The van der Waals surface area contributed by atoms with Crippen molar-refractivity contribution in [2.75, 3.05) is 0 Å². The van der Waals surface area contributed by atoms with E-state index in [4.69, 9.17) is 9.47 Å². The van der Waals surface area contributed by atoms with Gasteiger partial charge in [0, 0.05) is 37.3 Å². The van der Waals surface area contributed by atoms with E-state index in [0.29, 0.717) is 11.5 Å². The van der Waals surface area contributed by atoms with Gasteiger partial charge in [-0.15, -0.1) is 0 Å². The summed E-state index contributed by atoms with van der Waals surface area (Å²) in [5.74, 6) is 1.15. The Morgan fingerprint density at radius 1 is 0.704 bits per heavy atom. The Morgan fingerprint density at radius 3 is 1.19 bits per heavy atom. The largest absolute Gasteiger partial charge is 0.418 e. The second kappa shape index (κ2) is 8.15. The molecule has 0 N–H and O–H groups in total. The van der Waals surface area contributed by atoms with Crippen molar-refractivity contribution in [1.82, 2.24) is 0 Å². The molecule has 2 aromatic carbocycles. The van der Waals surface area contributed by atoms with E-state index in [1.807, 2.05) is 52.0 Å². The molecule has 0 saturated carbocycles. The van der Waals surface area contributed by atoms with Gasteiger partial charge in [-0.05, 0) is 61.1 Å². The second-order valence-electron chi connectivity index (χ2n) is 7.18. The average Bonchev–Trinajstić information content (AvgIpc) is 2.53. The third kappa shape index (κ3) is 4.79. The molecule has 0 aliphatic rings. The Bertz CT molecular complexity index is 797. The fourth-order valence-electron chi connectivity index (χ4n) is 3.27. The van der Waals surface area contributed by atoms with Crippen LogP contribution in [0.4, 0.5) is 9.59 Å². The van der Waals surface area contributed by atoms with Crippen molar-refractivity contribution in [2.45, 2.75) is 47.0 Å². The van der Waals surface area contributed by atoms with Crippen LogP contribution in [0.1, 0.15) is 47.2 Å². The van der Waals surface area contributed by atoms with Crippen molar-refractivity contribution in [3.8, 4) is 11.5 Å². The van der Waals surface area contributed by atoms with Crippen LogP contribution in [0, 0.1) is 27.7 Å². The van der Waals surface area contributed by atoms with Gasteiger partial charge in [-0.3, -0.25) is 0 Å². The minimum atomic E-state index is -0.510. The lowest BCUT2D eigenvalue weighted by Gasteiger charge is -2.29. The topological polar surface area (TPSA) is 52.6 Å². The van der Waals surface area contributed by atoms with Gasteiger partial charge in [0.1, 0.15) is 11.5 Å². The molecular formula is C21H22Br2O4. The molecular weight excluding hydrogens is 476 g/mol. The van der Waals surface area contributed by atoms with Crippen molar-refractivity contribution in [3.05, 3.63) is 57.6 Å². The summed E-state index contributed by atoms with van der Waals surface area (Å²) >= 11 is 5.63. The summed E-state index contributed by atoms with van der Waals surface area (Å²) in [7, 11) is 0. The molecule has 0 aliphatic carbocycles. The van der Waals surface area contributed by atoms with Crippen molar-refractivity contribution >= 4 is 41.6 Å². The first-order valence-corrected chi connectivity index (χ1v) is 10.00. The number of rotatable bonds is 4. The monoisotopic (exact) mass is 496 g/mol. The highest BCUT2D eigenvalue weighted by Gasteiger charge is 2.26. The van der Waals surface area contributed by atoms with E-state index in [-0.39, 0.29) is 5.41 Å². The van der Waals surface area contributed by atoms with Crippen LogP contribution in [-0.4, -0.2) is 9.76 Å². The van der Waals surface area contributed by atoms with E-state index in [2.05, 4.69) is 45.7 Å². The molecule has 0 amide bonds. The molecule has 2 rings (SSSR count). The first kappa shape index (κ1) is 21.6. The maximum Gasteiger partial charge on any atom is 0.380 e. The minimum Gasteiger partial charge on any atom is -0.418 e. The van der Waals surface area contributed by atoms with Crippen LogP contribution in [-0.2, 0) is 5.41 Å². The number of aryl methyl sites for hydroxylation is 4. The smallest absolute Gasteiger partial charge is 0.380 e. The lowest BCUT2D eigenvalue weighted by atomic mass is 9.76. The zero-order chi connectivity index (χ0) is 20.5. The van der Waals surface area contributed by atoms with Crippen LogP contribution in [0.5, 0.6) is 11.5 Å². The van der Waals surface area contributed by atoms with Gasteiger partial charge in [0.25, 0.3) is 0 Å². The quantitative estimate of drug-likeness (QED) is 0.425.